The first-order valence-electron chi connectivity index (χ1n) is 5.07. The van der Waals surface area contributed by atoms with Crippen molar-refractivity contribution in [2.24, 2.45) is 0 Å². The average molecular weight is 193 g/mol. The topological polar surface area (TPSA) is 26.9 Å². The largest absolute Gasteiger partial charge is 0.618 e. The van der Waals surface area contributed by atoms with Crippen LogP contribution in [0.4, 0.5) is 0 Å². The molecule has 0 bridgehead atoms. The van der Waals surface area contributed by atoms with Crippen molar-refractivity contribution in [2.75, 3.05) is 0 Å². The van der Waals surface area contributed by atoms with Crippen LogP contribution in [-0.4, -0.2) is 0 Å². The summed E-state index contributed by atoms with van der Waals surface area (Å²) in [6, 6.07) is 5.76. The Balaban J connectivity index is 3.28. The lowest BCUT2D eigenvalue weighted by molar-refractivity contribution is -0.627. The van der Waals surface area contributed by atoms with E-state index in [1.807, 2.05) is 32.0 Å². The van der Waals surface area contributed by atoms with Gasteiger partial charge in [0.25, 0.3) is 0 Å². The number of pyridine rings is 1. The van der Waals surface area contributed by atoms with Crippen molar-refractivity contribution in [3.8, 4) is 0 Å². The average Bonchev–Trinajstić information content (AvgIpc) is 2.01. The minimum Gasteiger partial charge on any atom is -0.618 e. The van der Waals surface area contributed by atoms with Crippen LogP contribution in [0, 0.1) is 5.21 Å². The highest BCUT2D eigenvalue weighted by Gasteiger charge is 2.25. The van der Waals surface area contributed by atoms with E-state index in [0.717, 1.165) is 16.1 Å². The molecule has 0 saturated carbocycles. The fourth-order valence-electron chi connectivity index (χ4n) is 1.49. The molecular weight excluding hydrogens is 174 g/mol. The highest BCUT2D eigenvalue weighted by molar-refractivity contribution is 5.12. The van der Waals surface area contributed by atoms with Gasteiger partial charge in [0.05, 0.1) is 0 Å². The lowest BCUT2D eigenvalue weighted by atomic mass is 9.91. The second kappa shape index (κ2) is 3.60. The molecule has 1 aromatic heterocycles. The van der Waals surface area contributed by atoms with E-state index in [-0.39, 0.29) is 11.3 Å². The maximum Gasteiger partial charge on any atom is 0.198 e. The van der Waals surface area contributed by atoms with Crippen LogP contribution in [0.25, 0.3) is 0 Å². The highest BCUT2D eigenvalue weighted by atomic mass is 16.5. The van der Waals surface area contributed by atoms with E-state index in [1.54, 1.807) is 0 Å². The predicted octanol–water partition coefficient (Wildman–Crippen LogP) is 2.74. The molecule has 2 nitrogen and oxygen atoms in total. The standard InChI is InChI=1S/C12H19NO/c1-9(2)10-7-6-8-11(13(10)14)12(3,4)5/h6-9H,1-5H3. The van der Waals surface area contributed by atoms with Gasteiger partial charge in [-0.25, -0.2) is 0 Å². The molecular formula is C12H19NO. The number of hydrogen-bond acceptors (Lipinski definition) is 1. The molecule has 0 amide bonds. The van der Waals surface area contributed by atoms with Gasteiger partial charge in [0, 0.05) is 23.5 Å². The fraction of sp³-hybridized carbons (Fsp3) is 0.583. The third kappa shape index (κ3) is 2.06. The van der Waals surface area contributed by atoms with E-state index in [0.29, 0.717) is 0 Å². The molecule has 0 aliphatic rings. The molecule has 0 N–H and O–H groups in total. The van der Waals surface area contributed by atoms with Gasteiger partial charge in [-0.3, -0.25) is 0 Å². The molecule has 14 heavy (non-hydrogen) atoms. The van der Waals surface area contributed by atoms with Gasteiger partial charge in [-0.2, -0.15) is 4.73 Å². The molecule has 0 radical (unpaired) electrons. The molecule has 0 aliphatic carbocycles. The molecule has 78 valence electrons. The normalized spacial score (nSPS) is 12.1. The summed E-state index contributed by atoms with van der Waals surface area (Å²) in [6.07, 6.45) is 0. The summed E-state index contributed by atoms with van der Waals surface area (Å²) in [5, 5.41) is 12.0. The lowest BCUT2D eigenvalue weighted by Crippen LogP contribution is -2.42. The van der Waals surface area contributed by atoms with E-state index in [2.05, 4.69) is 20.8 Å². The molecule has 0 unspecified atom stereocenters. The summed E-state index contributed by atoms with van der Waals surface area (Å²) in [6.45, 7) is 10.2. The minimum atomic E-state index is -0.0906. The molecule has 1 aromatic rings. The van der Waals surface area contributed by atoms with Crippen LogP contribution >= 0.6 is 0 Å². The lowest BCUT2D eigenvalue weighted by Gasteiger charge is -2.19. The van der Waals surface area contributed by atoms with Crippen LogP contribution in [0.5, 0.6) is 0 Å². The van der Waals surface area contributed by atoms with E-state index in [4.69, 9.17) is 0 Å². The quantitative estimate of drug-likeness (QED) is 0.497. The molecule has 0 aromatic carbocycles. The summed E-state index contributed by atoms with van der Waals surface area (Å²) in [5.41, 5.74) is 1.59. The zero-order valence-corrected chi connectivity index (χ0v) is 9.66. The Hall–Kier alpha value is -1.05. The molecule has 1 rings (SSSR count). The maximum absolute atomic E-state index is 12.0. The van der Waals surface area contributed by atoms with Crippen LogP contribution in [0.3, 0.4) is 0 Å². The molecule has 0 fully saturated rings. The zero-order chi connectivity index (χ0) is 10.9. The Labute approximate surface area is 86.2 Å². The van der Waals surface area contributed by atoms with Crippen LogP contribution in [0.1, 0.15) is 51.9 Å². The zero-order valence-electron chi connectivity index (χ0n) is 9.66. The molecule has 0 aliphatic heterocycles. The van der Waals surface area contributed by atoms with Gasteiger partial charge in [-0.15, -0.1) is 0 Å². The van der Waals surface area contributed by atoms with Crippen molar-refractivity contribution in [2.45, 2.75) is 46.0 Å². The number of aromatic nitrogens is 1. The monoisotopic (exact) mass is 193 g/mol. The Morgan fingerprint density at radius 2 is 1.79 bits per heavy atom. The molecule has 0 spiro atoms. The second-order valence-corrected chi connectivity index (χ2v) is 5.03. The number of nitrogens with zero attached hydrogens (tertiary/aromatic N) is 1. The Bertz CT molecular complexity index is 324. The van der Waals surface area contributed by atoms with Gasteiger partial charge in [-0.1, -0.05) is 34.6 Å². The Morgan fingerprint density at radius 1 is 1.21 bits per heavy atom. The highest BCUT2D eigenvalue weighted by Crippen LogP contribution is 2.20. The van der Waals surface area contributed by atoms with Gasteiger partial charge in [0.15, 0.2) is 11.4 Å². The van der Waals surface area contributed by atoms with Crippen molar-refractivity contribution < 1.29 is 4.73 Å². The summed E-state index contributed by atoms with van der Waals surface area (Å²) < 4.78 is 1.07. The number of hydrogen-bond donors (Lipinski definition) is 0. The molecule has 2 heteroatoms. The summed E-state index contributed by atoms with van der Waals surface area (Å²) in [5.74, 6) is 0.273. The Morgan fingerprint density at radius 3 is 2.21 bits per heavy atom. The van der Waals surface area contributed by atoms with E-state index in [9.17, 15) is 5.21 Å². The van der Waals surface area contributed by atoms with Gasteiger partial charge in [0.1, 0.15) is 0 Å². The van der Waals surface area contributed by atoms with Crippen LogP contribution in [0.2, 0.25) is 0 Å². The van der Waals surface area contributed by atoms with Crippen LogP contribution < -0.4 is 4.73 Å². The third-order valence-corrected chi connectivity index (χ3v) is 2.33. The molecule has 1 heterocycles. The SMILES string of the molecule is CC(C)c1cccc(C(C)(C)C)[n+]1[O-]. The van der Waals surface area contributed by atoms with Crippen molar-refractivity contribution in [3.05, 3.63) is 34.8 Å². The van der Waals surface area contributed by atoms with E-state index in [1.165, 1.54) is 0 Å². The summed E-state index contributed by atoms with van der Waals surface area (Å²) in [7, 11) is 0. The minimum absolute atomic E-state index is 0.0906. The third-order valence-electron chi connectivity index (χ3n) is 2.33. The van der Waals surface area contributed by atoms with E-state index >= 15 is 0 Å². The smallest absolute Gasteiger partial charge is 0.198 e. The van der Waals surface area contributed by atoms with Crippen LogP contribution in [0.15, 0.2) is 18.2 Å². The van der Waals surface area contributed by atoms with Crippen molar-refractivity contribution in [3.63, 3.8) is 0 Å². The van der Waals surface area contributed by atoms with Crippen LogP contribution in [-0.2, 0) is 5.41 Å². The predicted molar refractivity (Wildman–Crippen MR) is 58.2 cm³/mol. The first-order valence-corrected chi connectivity index (χ1v) is 5.07. The van der Waals surface area contributed by atoms with Gasteiger partial charge in [0.2, 0.25) is 0 Å². The number of rotatable bonds is 1. The van der Waals surface area contributed by atoms with Crippen molar-refractivity contribution in [1.29, 1.82) is 0 Å². The van der Waals surface area contributed by atoms with E-state index < -0.39 is 0 Å². The Kier molecular flexibility index (Phi) is 2.84. The fourth-order valence-corrected chi connectivity index (χ4v) is 1.49. The molecule has 0 saturated heterocycles. The van der Waals surface area contributed by atoms with Gasteiger partial charge < -0.3 is 5.21 Å². The molecule has 0 atom stereocenters. The van der Waals surface area contributed by atoms with Crippen molar-refractivity contribution >= 4 is 0 Å². The van der Waals surface area contributed by atoms with Gasteiger partial charge >= 0.3 is 0 Å². The first-order chi connectivity index (χ1) is 6.34. The summed E-state index contributed by atoms with van der Waals surface area (Å²) in [4.78, 5) is 0. The van der Waals surface area contributed by atoms with Crippen molar-refractivity contribution in [1.82, 2.24) is 0 Å². The first kappa shape index (κ1) is 11.0. The van der Waals surface area contributed by atoms with Gasteiger partial charge in [-0.05, 0) is 6.07 Å². The summed E-state index contributed by atoms with van der Waals surface area (Å²) >= 11 is 0. The second-order valence-electron chi connectivity index (χ2n) is 5.03. The maximum atomic E-state index is 12.0.